The Kier molecular flexibility index (Phi) is 9.56. The van der Waals surface area contributed by atoms with Gasteiger partial charge in [-0.1, -0.05) is 54.6 Å². The van der Waals surface area contributed by atoms with Crippen LogP contribution < -0.4 is 0 Å². The summed E-state index contributed by atoms with van der Waals surface area (Å²) in [6.45, 7) is 0.990. The number of hydrogen-bond acceptors (Lipinski definition) is 4. The maximum atomic E-state index is 11.1. The first kappa shape index (κ1) is 28.5. The number of rotatable bonds is 6. The van der Waals surface area contributed by atoms with Crippen LogP contribution >= 0.6 is 11.8 Å². The summed E-state index contributed by atoms with van der Waals surface area (Å²) in [7, 11) is 1.21. The molecule has 0 fully saturated rings. The van der Waals surface area contributed by atoms with Gasteiger partial charge in [-0.15, -0.1) is 0 Å². The lowest BCUT2D eigenvalue weighted by Crippen LogP contribution is -2.09. The SMILES string of the molecule is CN(C)Cc1c[nH]c2ccccc12.CS(=O)(=O)Cc1c[nH]c2ccccc12.CSCc1c[nH]c2ccccc12. The van der Waals surface area contributed by atoms with Crippen molar-refractivity contribution in [2.45, 2.75) is 18.1 Å². The number of aromatic nitrogens is 3. The summed E-state index contributed by atoms with van der Waals surface area (Å²) < 4.78 is 22.3. The number of fused-ring (bicyclic) bond motifs is 3. The molecule has 0 aliphatic rings. The molecule has 0 atom stereocenters. The van der Waals surface area contributed by atoms with Crippen molar-refractivity contribution < 1.29 is 8.42 Å². The Morgan fingerprint density at radius 1 is 0.667 bits per heavy atom. The second-order valence-electron chi connectivity index (χ2n) is 9.82. The number of aromatic amines is 3. The topological polar surface area (TPSA) is 84.8 Å². The van der Waals surface area contributed by atoms with Crippen LogP contribution in [0.25, 0.3) is 32.7 Å². The van der Waals surface area contributed by atoms with E-state index < -0.39 is 9.84 Å². The van der Waals surface area contributed by atoms with Crippen LogP contribution in [0.5, 0.6) is 0 Å². The van der Waals surface area contributed by atoms with E-state index in [1.807, 2.05) is 36.0 Å². The van der Waals surface area contributed by atoms with Gasteiger partial charge in [0.2, 0.25) is 0 Å². The van der Waals surface area contributed by atoms with Crippen LogP contribution in [0.3, 0.4) is 0 Å². The van der Waals surface area contributed by atoms with Crippen molar-refractivity contribution in [3.8, 4) is 0 Å². The number of hydrogen-bond donors (Lipinski definition) is 3. The van der Waals surface area contributed by atoms with E-state index in [0.29, 0.717) is 0 Å². The van der Waals surface area contributed by atoms with Crippen molar-refractivity contribution >= 4 is 54.3 Å². The molecule has 3 aromatic carbocycles. The Morgan fingerprint density at radius 3 is 1.54 bits per heavy atom. The first-order valence-electron chi connectivity index (χ1n) is 12.7. The first-order chi connectivity index (χ1) is 18.7. The van der Waals surface area contributed by atoms with Gasteiger partial charge in [-0.2, -0.15) is 11.8 Å². The van der Waals surface area contributed by atoms with E-state index in [4.69, 9.17) is 0 Å². The molecular formula is C31H36N4O2S2. The Balaban J connectivity index is 0.000000136. The fourth-order valence-electron chi connectivity index (χ4n) is 4.54. The van der Waals surface area contributed by atoms with Crippen LogP contribution in [0.4, 0.5) is 0 Å². The minimum Gasteiger partial charge on any atom is -0.361 e. The summed E-state index contributed by atoms with van der Waals surface area (Å²) >= 11 is 1.85. The molecule has 6 nitrogen and oxygen atoms in total. The maximum absolute atomic E-state index is 11.1. The summed E-state index contributed by atoms with van der Waals surface area (Å²) in [5.41, 5.74) is 7.04. The van der Waals surface area contributed by atoms with Crippen LogP contribution in [0.15, 0.2) is 91.4 Å². The summed E-state index contributed by atoms with van der Waals surface area (Å²) in [4.78, 5) is 11.7. The minimum atomic E-state index is -2.96. The van der Waals surface area contributed by atoms with Crippen LogP contribution in [-0.4, -0.2) is 54.9 Å². The molecule has 39 heavy (non-hydrogen) atoms. The number of nitrogens with one attached hydrogen (secondary N) is 3. The van der Waals surface area contributed by atoms with Crippen molar-refractivity contribution in [2.24, 2.45) is 0 Å². The van der Waals surface area contributed by atoms with Gasteiger partial charge in [0.1, 0.15) is 0 Å². The molecule has 0 spiro atoms. The van der Waals surface area contributed by atoms with E-state index in [1.165, 1.54) is 39.2 Å². The van der Waals surface area contributed by atoms with Crippen LogP contribution in [-0.2, 0) is 27.9 Å². The lowest BCUT2D eigenvalue weighted by molar-refractivity contribution is 0.404. The van der Waals surface area contributed by atoms with Gasteiger partial charge in [0, 0.05) is 69.9 Å². The molecule has 3 heterocycles. The van der Waals surface area contributed by atoms with E-state index in [0.717, 1.165) is 28.8 Å². The Bertz CT molecular complexity index is 1750. The highest BCUT2D eigenvalue weighted by molar-refractivity contribution is 7.97. The highest BCUT2D eigenvalue weighted by atomic mass is 32.2. The molecule has 0 bridgehead atoms. The fourth-order valence-corrected chi connectivity index (χ4v) is 5.90. The average molecular weight is 561 g/mol. The molecule has 8 heteroatoms. The predicted molar refractivity (Wildman–Crippen MR) is 168 cm³/mol. The van der Waals surface area contributed by atoms with Gasteiger partial charge < -0.3 is 19.9 Å². The average Bonchev–Trinajstić information content (AvgIpc) is 3.62. The molecule has 3 aromatic heterocycles. The number of para-hydroxylation sites is 3. The number of thioether (sulfide) groups is 1. The highest BCUT2D eigenvalue weighted by Gasteiger charge is 2.09. The molecule has 0 saturated carbocycles. The molecule has 204 valence electrons. The second-order valence-corrected chi connectivity index (χ2v) is 12.8. The van der Waals surface area contributed by atoms with Crippen molar-refractivity contribution in [3.05, 3.63) is 108 Å². The van der Waals surface area contributed by atoms with Crippen molar-refractivity contribution in [2.75, 3.05) is 26.6 Å². The molecule has 0 aliphatic heterocycles. The van der Waals surface area contributed by atoms with E-state index >= 15 is 0 Å². The van der Waals surface area contributed by atoms with Gasteiger partial charge in [-0.25, -0.2) is 8.42 Å². The zero-order valence-corrected chi connectivity index (χ0v) is 24.5. The highest BCUT2D eigenvalue weighted by Crippen LogP contribution is 2.21. The molecule has 6 aromatic rings. The molecule has 6 rings (SSSR count). The Morgan fingerprint density at radius 2 is 1.08 bits per heavy atom. The van der Waals surface area contributed by atoms with E-state index in [1.54, 1.807) is 6.20 Å². The molecule has 0 amide bonds. The minimum absolute atomic E-state index is 0.0943. The maximum Gasteiger partial charge on any atom is 0.151 e. The zero-order chi connectivity index (χ0) is 27.8. The molecule has 0 aliphatic carbocycles. The van der Waals surface area contributed by atoms with Gasteiger partial charge in [0.05, 0.1) is 5.75 Å². The van der Waals surface area contributed by atoms with Crippen LogP contribution in [0.2, 0.25) is 0 Å². The quantitative estimate of drug-likeness (QED) is 0.205. The van der Waals surface area contributed by atoms with Crippen LogP contribution in [0, 0.1) is 0 Å². The monoisotopic (exact) mass is 560 g/mol. The van der Waals surface area contributed by atoms with Gasteiger partial charge in [0.25, 0.3) is 0 Å². The number of benzene rings is 3. The van der Waals surface area contributed by atoms with Gasteiger partial charge in [0.15, 0.2) is 9.84 Å². The van der Waals surface area contributed by atoms with E-state index in [-0.39, 0.29) is 5.75 Å². The molecular weight excluding hydrogens is 525 g/mol. The summed E-state index contributed by atoms with van der Waals surface area (Å²) in [6, 6.07) is 24.5. The third-order valence-electron chi connectivity index (χ3n) is 6.23. The summed E-state index contributed by atoms with van der Waals surface area (Å²) in [5.74, 6) is 1.18. The zero-order valence-electron chi connectivity index (χ0n) is 22.9. The second kappa shape index (κ2) is 13.1. The lowest BCUT2D eigenvalue weighted by atomic mass is 10.2. The predicted octanol–water partition coefficient (Wildman–Crippen LogP) is 6.97. The lowest BCUT2D eigenvalue weighted by Gasteiger charge is -2.07. The standard InChI is InChI=1S/C11H14N2.C10H11NO2S.C10H11NS/c1-13(2)8-9-7-12-11-6-4-3-5-10(9)11;1-14(12,13)7-8-6-11-10-5-3-2-4-9(8)10;1-12-7-8-6-11-10-5-3-2-4-9(8)10/h3-7,12H,8H2,1-2H3;2-6,11H,7H2,1H3;2-6,11H,7H2,1H3. The third kappa shape index (κ3) is 7.79. The number of H-pyrrole nitrogens is 3. The van der Waals surface area contributed by atoms with Crippen LogP contribution in [0.1, 0.15) is 16.7 Å². The Hall–Kier alpha value is -3.46. The molecule has 0 saturated heterocycles. The molecule has 0 unspecified atom stereocenters. The molecule has 0 radical (unpaired) electrons. The Labute approximate surface area is 234 Å². The molecule has 3 N–H and O–H groups in total. The van der Waals surface area contributed by atoms with Crippen molar-refractivity contribution in [1.82, 2.24) is 19.9 Å². The number of nitrogens with zero attached hydrogens (tertiary/aromatic N) is 1. The van der Waals surface area contributed by atoms with Gasteiger partial charge in [-0.3, -0.25) is 0 Å². The smallest absolute Gasteiger partial charge is 0.151 e. The van der Waals surface area contributed by atoms with Crippen molar-refractivity contribution in [3.63, 3.8) is 0 Å². The summed E-state index contributed by atoms with van der Waals surface area (Å²) in [5, 5.41) is 3.67. The fraction of sp³-hybridized carbons (Fsp3) is 0.226. The van der Waals surface area contributed by atoms with E-state index in [2.05, 4.69) is 101 Å². The third-order valence-corrected chi connectivity index (χ3v) is 7.66. The van der Waals surface area contributed by atoms with Gasteiger partial charge >= 0.3 is 0 Å². The number of sulfone groups is 1. The first-order valence-corrected chi connectivity index (χ1v) is 16.2. The largest absolute Gasteiger partial charge is 0.361 e. The summed E-state index contributed by atoms with van der Waals surface area (Å²) in [6.07, 6.45) is 9.31. The van der Waals surface area contributed by atoms with Crippen molar-refractivity contribution in [1.29, 1.82) is 0 Å². The normalized spacial score (nSPS) is 11.4. The van der Waals surface area contributed by atoms with E-state index in [9.17, 15) is 8.42 Å². The van der Waals surface area contributed by atoms with Gasteiger partial charge in [-0.05, 0) is 55.2 Å².